The molecule has 13 heavy (non-hydrogen) atoms. The van der Waals surface area contributed by atoms with Gasteiger partial charge in [-0.25, -0.2) is 5.26 Å². The average Bonchev–Trinajstić information content (AvgIpc) is 1.79. The number of nitrogens with zero attached hydrogens (tertiary/aromatic N) is 1. The third-order valence-corrected chi connectivity index (χ3v) is 3.01. The molecular formula is C9H19NO2S. The second-order valence-corrected chi connectivity index (χ2v) is 5.67. The molecule has 0 aromatic rings. The minimum Gasteiger partial charge on any atom is -0.289 e. The average molecular weight is 205 g/mol. The van der Waals surface area contributed by atoms with Gasteiger partial charge in [-0.15, -0.1) is 0 Å². The number of hydrogen-bond donors (Lipinski definition) is 1. The summed E-state index contributed by atoms with van der Waals surface area (Å²) in [6.07, 6.45) is 2.31. The highest BCUT2D eigenvalue weighted by atomic mass is 32.2. The fourth-order valence-corrected chi connectivity index (χ4v) is 2.43. The lowest BCUT2D eigenvalue weighted by atomic mass is 9.91. The Balaban J connectivity index is 2.37. The summed E-state index contributed by atoms with van der Waals surface area (Å²) < 4.78 is 4.18. The fraction of sp³-hybridized carbons (Fsp3) is 1.00. The van der Waals surface area contributed by atoms with Gasteiger partial charge in [0, 0.05) is 13.1 Å². The van der Waals surface area contributed by atoms with Crippen molar-refractivity contribution in [1.29, 1.82) is 0 Å². The number of rotatable bonds is 4. The van der Waals surface area contributed by atoms with Crippen LogP contribution < -0.4 is 0 Å². The van der Waals surface area contributed by atoms with Gasteiger partial charge in [0.05, 0.1) is 17.4 Å². The van der Waals surface area contributed by atoms with Crippen molar-refractivity contribution >= 4 is 12.0 Å². The molecule has 4 heteroatoms. The van der Waals surface area contributed by atoms with Crippen molar-refractivity contribution in [3.05, 3.63) is 0 Å². The molecular weight excluding hydrogens is 186 g/mol. The first-order valence-corrected chi connectivity index (χ1v) is 5.54. The van der Waals surface area contributed by atoms with Crippen molar-refractivity contribution in [2.75, 3.05) is 13.1 Å². The Morgan fingerprint density at radius 1 is 1.46 bits per heavy atom. The zero-order chi connectivity index (χ0) is 9.90. The molecule has 1 N–H and O–H groups in total. The Hall–Kier alpha value is 0.230. The lowest BCUT2D eigenvalue weighted by Crippen LogP contribution is -2.45. The Morgan fingerprint density at radius 3 is 2.38 bits per heavy atom. The normalized spacial score (nSPS) is 21.2. The topological polar surface area (TPSA) is 32.7 Å². The molecule has 0 aliphatic carbocycles. The molecule has 1 saturated heterocycles. The molecule has 1 aliphatic rings. The van der Waals surface area contributed by atoms with Crippen molar-refractivity contribution < 1.29 is 9.59 Å². The molecule has 0 aromatic heterocycles. The van der Waals surface area contributed by atoms with Crippen LogP contribution in [0.25, 0.3) is 0 Å². The molecule has 0 saturated carbocycles. The highest BCUT2D eigenvalue weighted by Crippen LogP contribution is 2.32. The summed E-state index contributed by atoms with van der Waals surface area (Å²) in [5.74, 6) is 0. The highest BCUT2D eigenvalue weighted by molar-refractivity contribution is 7.95. The van der Waals surface area contributed by atoms with Gasteiger partial charge in [0.15, 0.2) is 0 Å². The van der Waals surface area contributed by atoms with Crippen LogP contribution in [0.1, 0.15) is 33.6 Å². The van der Waals surface area contributed by atoms with E-state index in [9.17, 15) is 0 Å². The van der Waals surface area contributed by atoms with Crippen LogP contribution in [0.5, 0.6) is 0 Å². The van der Waals surface area contributed by atoms with Crippen molar-refractivity contribution in [1.82, 2.24) is 4.90 Å². The smallest absolute Gasteiger partial charge is 0.0860 e. The molecule has 0 spiro atoms. The second-order valence-electron chi connectivity index (χ2n) is 4.78. The molecule has 1 fully saturated rings. The molecule has 1 heterocycles. The van der Waals surface area contributed by atoms with Crippen molar-refractivity contribution in [3.63, 3.8) is 0 Å². The van der Waals surface area contributed by atoms with Crippen LogP contribution in [-0.2, 0) is 4.33 Å². The Labute approximate surface area is 84.6 Å². The minimum absolute atomic E-state index is 0.284. The number of hydrogen-bond acceptors (Lipinski definition) is 4. The minimum atomic E-state index is 0.284. The first-order valence-electron chi connectivity index (χ1n) is 4.74. The van der Waals surface area contributed by atoms with E-state index in [-0.39, 0.29) is 5.41 Å². The summed E-state index contributed by atoms with van der Waals surface area (Å²) in [6.45, 7) is 8.89. The maximum atomic E-state index is 8.44. The van der Waals surface area contributed by atoms with Gasteiger partial charge in [0.1, 0.15) is 0 Å². The van der Waals surface area contributed by atoms with Crippen molar-refractivity contribution in [3.8, 4) is 0 Å². The third kappa shape index (κ3) is 3.85. The van der Waals surface area contributed by atoms with Gasteiger partial charge in [-0.05, 0) is 18.3 Å². The van der Waals surface area contributed by atoms with E-state index in [0.29, 0.717) is 5.37 Å². The Kier molecular flexibility index (Phi) is 4.04. The van der Waals surface area contributed by atoms with Crippen molar-refractivity contribution in [2.45, 2.75) is 39.0 Å². The van der Waals surface area contributed by atoms with Crippen LogP contribution in [-0.4, -0.2) is 28.6 Å². The van der Waals surface area contributed by atoms with E-state index < -0.39 is 0 Å². The summed E-state index contributed by atoms with van der Waals surface area (Å²) in [4.78, 5) is 2.34. The third-order valence-electron chi connectivity index (χ3n) is 2.24. The summed E-state index contributed by atoms with van der Waals surface area (Å²) in [6, 6.07) is 0. The zero-order valence-corrected chi connectivity index (χ0v) is 9.43. The molecule has 3 nitrogen and oxygen atoms in total. The molecule has 0 amide bonds. The van der Waals surface area contributed by atoms with Crippen LogP contribution in [0, 0.1) is 5.41 Å². The molecule has 1 unspecified atom stereocenters. The molecule has 0 radical (unpaired) electrons. The van der Waals surface area contributed by atoms with Crippen LogP contribution in [0.3, 0.4) is 0 Å². The maximum absolute atomic E-state index is 8.44. The molecule has 0 bridgehead atoms. The molecule has 0 aromatic carbocycles. The molecule has 1 rings (SSSR count). The van der Waals surface area contributed by atoms with Gasteiger partial charge in [-0.1, -0.05) is 20.8 Å². The highest BCUT2D eigenvalue weighted by Gasteiger charge is 2.29. The molecule has 78 valence electrons. The van der Waals surface area contributed by atoms with E-state index >= 15 is 0 Å². The molecule has 1 aliphatic heterocycles. The van der Waals surface area contributed by atoms with E-state index in [1.165, 1.54) is 18.5 Å². The van der Waals surface area contributed by atoms with E-state index in [2.05, 4.69) is 30.0 Å². The van der Waals surface area contributed by atoms with Crippen LogP contribution in [0.15, 0.2) is 0 Å². The van der Waals surface area contributed by atoms with Crippen LogP contribution in [0.4, 0.5) is 0 Å². The summed E-state index contributed by atoms with van der Waals surface area (Å²) in [5.41, 5.74) is 0.284. The van der Waals surface area contributed by atoms with Crippen molar-refractivity contribution in [2.24, 2.45) is 5.41 Å². The van der Waals surface area contributed by atoms with Gasteiger partial charge in [-0.3, -0.25) is 4.90 Å². The van der Waals surface area contributed by atoms with Gasteiger partial charge in [-0.2, -0.15) is 4.33 Å². The predicted octanol–water partition coefficient (Wildman–Crippen LogP) is 2.59. The second kappa shape index (κ2) is 4.64. The van der Waals surface area contributed by atoms with Gasteiger partial charge in [0.2, 0.25) is 0 Å². The summed E-state index contributed by atoms with van der Waals surface area (Å²) in [5, 5.41) is 8.74. The standard InChI is InChI=1S/C9H19NO2S/c1-9(2,3)7-8(13-12-11)10-5-4-6-10/h8,11H,4-7H2,1-3H3. The molecule has 1 atom stereocenters. The van der Waals surface area contributed by atoms with Crippen LogP contribution in [0.2, 0.25) is 0 Å². The van der Waals surface area contributed by atoms with Crippen LogP contribution >= 0.6 is 12.0 Å². The quantitative estimate of drug-likeness (QED) is 0.434. The van der Waals surface area contributed by atoms with E-state index in [1.54, 1.807) is 0 Å². The van der Waals surface area contributed by atoms with Gasteiger partial charge >= 0.3 is 0 Å². The zero-order valence-electron chi connectivity index (χ0n) is 8.62. The van der Waals surface area contributed by atoms with Gasteiger partial charge in [0.25, 0.3) is 0 Å². The lowest BCUT2D eigenvalue weighted by molar-refractivity contribution is -0.119. The summed E-state index contributed by atoms with van der Waals surface area (Å²) in [7, 11) is 0. The monoisotopic (exact) mass is 205 g/mol. The summed E-state index contributed by atoms with van der Waals surface area (Å²) >= 11 is 1.17. The SMILES string of the molecule is CC(C)(C)CC(SOO)N1CCC1. The van der Waals surface area contributed by atoms with E-state index in [0.717, 1.165) is 19.5 Å². The van der Waals surface area contributed by atoms with Gasteiger partial charge < -0.3 is 0 Å². The Bertz CT molecular complexity index is 154. The predicted molar refractivity (Wildman–Crippen MR) is 55.4 cm³/mol. The fourth-order valence-electron chi connectivity index (χ4n) is 1.43. The van der Waals surface area contributed by atoms with E-state index in [4.69, 9.17) is 5.26 Å². The lowest BCUT2D eigenvalue weighted by Gasteiger charge is -2.39. The maximum Gasteiger partial charge on any atom is 0.0860 e. The largest absolute Gasteiger partial charge is 0.289 e. The Morgan fingerprint density at radius 2 is 2.08 bits per heavy atom. The first-order chi connectivity index (χ1) is 6.03. The first kappa shape index (κ1) is 11.3. The van der Waals surface area contributed by atoms with E-state index in [1.807, 2.05) is 0 Å². The number of likely N-dealkylation sites (tertiary alicyclic amines) is 1.